The van der Waals surface area contributed by atoms with E-state index in [1.54, 1.807) is 0 Å². The Hall–Kier alpha value is -3.93. The second-order valence-corrected chi connectivity index (χ2v) is 23.0. The maximum atomic E-state index is 12.9. The van der Waals surface area contributed by atoms with Crippen LogP contribution in [0.15, 0.2) is 109 Å². The summed E-state index contributed by atoms with van der Waals surface area (Å²) in [6.07, 6.45) is 95.5. The molecule has 0 aromatic carbocycles. The van der Waals surface area contributed by atoms with E-state index in [-0.39, 0.29) is 31.1 Å². The predicted molar refractivity (Wildman–Crippen MR) is 357 cm³/mol. The van der Waals surface area contributed by atoms with Gasteiger partial charge in [-0.25, -0.2) is 0 Å². The molecule has 0 fully saturated rings. The van der Waals surface area contributed by atoms with Crippen LogP contribution in [0.3, 0.4) is 0 Å². The molecule has 0 spiro atoms. The monoisotopic (exact) mass is 1140 g/mol. The van der Waals surface area contributed by atoms with Crippen LogP contribution in [0, 0.1) is 0 Å². The molecule has 0 rings (SSSR count). The smallest absolute Gasteiger partial charge is 0.306 e. The van der Waals surface area contributed by atoms with Gasteiger partial charge in [-0.05, 0) is 103 Å². The Morgan fingerprint density at radius 3 is 0.768 bits per heavy atom. The Bertz CT molecular complexity index is 1640. The van der Waals surface area contributed by atoms with Crippen molar-refractivity contribution in [3.8, 4) is 0 Å². The topological polar surface area (TPSA) is 78.9 Å². The summed E-state index contributed by atoms with van der Waals surface area (Å²) in [6.45, 7) is 6.42. The molecule has 0 amide bonds. The fourth-order valence-electron chi connectivity index (χ4n) is 9.88. The van der Waals surface area contributed by atoms with Gasteiger partial charge in [0.1, 0.15) is 13.2 Å². The summed E-state index contributed by atoms with van der Waals surface area (Å²) >= 11 is 0. The van der Waals surface area contributed by atoms with Crippen molar-refractivity contribution in [3.63, 3.8) is 0 Å². The van der Waals surface area contributed by atoms with Crippen LogP contribution in [0.2, 0.25) is 0 Å². The van der Waals surface area contributed by atoms with Crippen LogP contribution in [-0.2, 0) is 28.6 Å². The van der Waals surface area contributed by atoms with Gasteiger partial charge in [0.2, 0.25) is 0 Å². The number of esters is 3. The van der Waals surface area contributed by atoms with Crippen molar-refractivity contribution < 1.29 is 28.6 Å². The molecule has 6 heteroatoms. The Balaban J connectivity index is 4.21. The summed E-state index contributed by atoms with van der Waals surface area (Å²) in [7, 11) is 0. The Kier molecular flexibility index (Phi) is 66.2. The number of hydrogen-bond acceptors (Lipinski definition) is 6. The van der Waals surface area contributed by atoms with E-state index in [9.17, 15) is 14.4 Å². The Morgan fingerprint density at radius 2 is 0.476 bits per heavy atom. The summed E-state index contributed by atoms with van der Waals surface area (Å²) in [5.41, 5.74) is 0. The second-order valence-electron chi connectivity index (χ2n) is 23.0. The summed E-state index contributed by atoms with van der Waals surface area (Å²) in [5.74, 6) is -0.915. The zero-order valence-electron chi connectivity index (χ0n) is 54.0. The molecule has 1 atom stereocenters. The minimum Gasteiger partial charge on any atom is -0.462 e. The minimum atomic E-state index is -0.794. The van der Waals surface area contributed by atoms with Crippen molar-refractivity contribution in [1.29, 1.82) is 0 Å². The lowest BCUT2D eigenvalue weighted by molar-refractivity contribution is -0.167. The molecule has 0 radical (unpaired) electrons. The van der Waals surface area contributed by atoms with Crippen molar-refractivity contribution in [1.82, 2.24) is 0 Å². The highest BCUT2D eigenvalue weighted by atomic mass is 16.6. The molecular formula is C76H130O6. The summed E-state index contributed by atoms with van der Waals surface area (Å²) in [5, 5.41) is 0. The second kappa shape index (κ2) is 69.6. The zero-order chi connectivity index (χ0) is 59.2. The molecule has 470 valence electrons. The number of rotatable bonds is 63. The lowest BCUT2D eigenvalue weighted by Gasteiger charge is -2.18. The first-order valence-electron chi connectivity index (χ1n) is 34.9. The Morgan fingerprint density at radius 1 is 0.256 bits per heavy atom. The quantitative estimate of drug-likeness (QED) is 0.0261. The molecule has 0 bridgehead atoms. The first kappa shape index (κ1) is 78.1. The molecule has 0 aromatic heterocycles. The highest BCUT2D eigenvalue weighted by molar-refractivity contribution is 5.71. The third kappa shape index (κ3) is 66.9. The van der Waals surface area contributed by atoms with Gasteiger partial charge in [0.25, 0.3) is 0 Å². The molecule has 0 saturated heterocycles. The number of unbranched alkanes of at least 4 members (excludes halogenated alkanes) is 34. The predicted octanol–water partition coefficient (Wildman–Crippen LogP) is 24.2. The van der Waals surface area contributed by atoms with Crippen LogP contribution in [0.25, 0.3) is 0 Å². The van der Waals surface area contributed by atoms with E-state index in [2.05, 4.69) is 130 Å². The molecular weight excluding hydrogens is 1010 g/mol. The van der Waals surface area contributed by atoms with Crippen LogP contribution in [0.4, 0.5) is 0 Å². The van der Waals surface area contributed by atoms with Gasteiger partial charge in [-0.2, -0.15) is 0 Å². The Labute approximate surface area is 508 Å². The minimum absolute atomic E-state index is 0.0872. The largest absolute Gasteiger partial charge is 0.462 e. The molecule has 82 heavy (non-hydrogen) atoms. The lowest BCUT2D eigenvalue weighted by Crippen LogP contribution is -2.30. The van der Waals surface area contributed by atoms with E-state index in [0.29, 0.717) is 19.3 Å². The molecule has 1 unspecified atom stereocenters. The first-order chi connectivity index (χ1) is 40.5. The van der Waals surface area contributed by atoms with Gasteiger partial charge in [0.05, 0.1) is 0 Å². The first-order valence-corrected chi connectivity index (χ1v) is 34.9. The summed E-state index contributed by atoms with van der Waals surface area (Å²) in [6, 6.07) is 0. The van der Waals surface area contributed by atoms with Crippen molar-refractivity contribution >= 4 is 17.9 Å². The van der Waals surface area contributed by atoms with Gasteiger partial charge in [-0.3, -0.25) is 14.4 Å². The van der Waals surface area contributed by atoms with E-state index >= 15 is 0 Å². The molecule has 0 N–H and O–H groups in total. The number of carbonyl (C=O) groups is 3. The van der Waals surface area contributed by atoms with Gasteiger partial charge < -0.3 is 14.2 Å². The van der Waals surface area contributed by atoms with Crippen molar-refractivity contribution in [2.45, 2.75) is 341 Å². The summed E-state index contributed by atoms with van der Waals surface area (Å²) in [4.78, 5) is 38.4. The molecule has 0 saturated carbocycles. The van der Waals surface area contributed by atoms with E-state index in [1.807, 2.05) is 0 Å². The molecule has 0 aliphatic carbocycles. The number of allylic oxidation sites excluding steroid dienone is 18. The highest BCUT2D eigenvalue weighted by Crippen LogP contribution is 2.17. The number of ether oxygens (including phenoxy) is 3. The maximum absolute atomic E-state index is 12.9. The normalized spacial score (nSPS) is 12.8. The van der Waals surface area contributed by atoms with Crippen molar-refractivity contribution in [2.24, 2.45) is 0 Å². The van der Waals surface area contributed by atoms with Gasteiger partial charge in [-0.1, -0.05) is 323 Å². The summed E-state index contributed by atoms with van der Waals surface area (Å²) < 4.78 is 16.9. The number of hydrogen-bond donors (Lipinski definition) is 0. The average molecular weight is 1140 g/mol. The van der Waals surface area contributed by atoms with Gasteiger partial charge in [0, 0.05) is 19.3 Å². The van der Waals surface area contributed by atoms with Crippen LogP contribution < -0.4 is 0 Å². The van der Waals surface area contributed by atoms with Crippen molar-refractivity contribution in [2.75, 3.05) is 13.2 Å². The average Bonchev–Trinajstić information content (AvgIpc) is 3.47. The van der Waals surface area contributed by atoms with E-state index in [0.717, 1.165) is 116 Å². The molecule has 0 aromatic rings. The molecule has 0 aliphatic rings. The fraction of sp³-hybridized carbons (Fsp3) is 0.724. The van der Waals surface area contributed by atoms with Gasteiger partial charge in [0.15, 0.2) is 6.10 Å². The van der Waals surface area contributed by atoms with Crippen LogP contribution in [0.5, 0.6) is 0 Å². The van der Waals surface area contributed by atoms with Crippen LogP contribution >= 0.6 is 0 Å². The van der Waals surface area contributed by atoms with Gasteiger partial charge in [-0.15, -0.1) is 0 Å². The van der Waals surface area contributed by atoms with E-state index in [4.69, 9.17) is 14.2 Å². The van der Waals surface area contributed by atoms with Crippen LogP contribution in [-0.4, -0.2) is 37.2 Å². The SMILES string of the molecule is CC/C=C\C/C=C\C/C=C\C/C=C\C/C=C\CCCCCCCCCCCCCCCCCCCC(=O)OCC(COC(=O)CCCC/C=C\C/C=C\C/C=C\C/C=C\CC)OC(=O)CCCCCCCCCCCCCCCCCC. The third-order valence-electron chi connectivity index (χ3n) is 15.0. The van der Waals surface area contributed by atoms with E-state index in [1.165, 1.54) is 180 Å². The van der Waals surface area contributed by atoms with E-state index < -0.39 is 6.10 Å². The van der Waals surface area contributed by atoms with Gasteiger partial charge >= 0.3 is 17.9 Å². The third-order valence-corrected chi connectivity index (χ3v) is 15.0. The molecule has 6 nitrogen and oxygen atoms in total. The standard InChI is InChI=1S/C76H130O6/c1-4-7-10-13-16-19-22-25-28-30-31-32-33-34-35-36-37-38-39-40-41-42-43-44-45-46-49-51-54-57-60-63-66-69-75(78)81-72-73(71-80-74(77)68-65-62-59-56-53-50-47-27-24-21-18-15-12-9-6-3)82-76(79)70-67-64-61-58-55-52-48-29-26-23-20-17-14-11-8-5-2/h7,9-10,12,16,18-19,21,25,27-28,31-32,34-35,47,53,56,73H,4-6,8,11,13-15,17,20,22-24,26,29-30,33,36-46,48-52,54-55,57-72H2,1-3H3/b10-7-,12-9-,19-16-,21-18-,28-25-,32-31-,35-34-,47-27-,56-53-. The zero-order valence-corrected chi connectivity index (χ0v) is 54.0. The fourth-order valence-corrected chi connectivity index (χ4v) is 9.88. The number of carbonyl (C=O) groups excluding carboxylic acids is 3. The lowest BCUT2D eigenvalue weighted by atomic mass is 10.0. The maximum Gasteiger partial charge on any atom is 0.306 e. The van der Waals surface area contributed by atoms with Crippen LogP contribution in [0.1, 0.15) is 335 Å². The highest BCUT2D eigenvalue weighted by Gasteiger charge is 2.19. The molecule has 0 heterocycles. The molecule has 0 aliphatic heterocycles. The van der Waals surface area contributed by atoms with Crippen molar-refractivity contribution in [3.05, 3.63) is 109 Å².